The van der Waals surface area contributed by atoms with Crippen LogP contribution in [0.25, 0.3) is 10.9 Å². The number of aromatic nitrogens is 1. The molecule has 0 bridgehead atoms. The van der Waals surface area contributed by atoms with Gasteiger partial charge in [-0.15, -0.1) is 0 Å². The zero-order chi connectivity index (χ0) is 15.1. The fraction of sp³-hybridized carbons (Fsp3) is 0.438. The molecule has 0 aliphatic carbocycles. The quantitative estimate of drug-likeness (QED) is 0.724. The molecule has 0 saturated carbocycles. The van der Waals surface area contributed by atoms with Crippen LogP contribution in [-0.4, -0.2) is 37.3 Å². The highest BCUT2D eigenvalue weighted by atomic mass is 16.5. The number of nitrogens with one attached hydrogen (secondary N) is 2. The maximum Gasteiger partial charge on any atom is 0.239 e. The highest BCUT2D eigenvalue weighted by molar-refractivity contribution is 5.85. The summed E-state index contributed by atoms with van der Waals surface area (Å²) in [6, 6.07) is 8.26. The van der Waals surface area contributed by atoms with Crippen molar-refractivity contribution >= 4 is 16.8 Å². The molecule has 2 N–H and O–H groups in total. The minimum atomic E-state index is 0.0390. The summed E-state index contributed by atoms with van der Waals surface area (Å²) >= 11 is 0. The van der Waals surface area contributed by atoms with Crippen LogP contribution in [0.4, 0.5) is 0 Å². The lowest BCUT2D eigenvalue weighted by Gasteiger charge is -2.11. The predicted octanol–water partition coefficient (Wildman–Crippen LogP) is 1.51. The van der Waals surface area contributed by atoms with Gasteiger partial charge in [-0.2, -0.15) is 0 Å². The molecule has 5 nitrogen and oxygen atoms in total. The molecule has 0 unspecified atom stereocenters. The van der Waals surface area contributed by atoms with E-state index >= 15 is 0 Å². The third-order valence-corrected chi connectivity index (χ3v) is 3.36. The maximum atomic E-state index is 11.8. The average molecular weight is 289 g/mol. The molecular weight excluding hydrogens is 266 g/mol. The van der Waals surface area contributed by atoms with Crippen LogP contribution in [0.15, 0.2) is 30.5 Å². The van der Waals surface area contributed by atoms with E-state index in [1.807, 2.05) is 29.8 Å². The molecule has 114 valence electrons. The van der Waals surface area contributed by atoms with E-state index in [0.29, 0.717) is 19.7 Å². The number of likely N-dealkylation sites (N-methyl/N-ethyl adjacent to an activating group) is 1. The van der Waals surface area contributed by atoms with Crippen molar-refractivity contribution in [3.8, 4) is 0 Å². The SMILES string of the molecule is CCNC(=O)Cn1ccc2cccc(CNCCOC)c21. The number of benzene rings is 1. The Bertz CT molecular complexity index is 592. The van der Waals surface area contributed by atoms with E-state index in [-0.39, 0.29) is 5.91 Å². The van der Waals surface area contributed by atoms with Gasteiger partial charge < -0.3 is 19.9 Å². The Labute approximate surface area is 125 Å². The number of hydrogen-bond acceptors (Lipinski definition) is 3. The first-order chi connectivity index (χ1) is 10.3. The number of methoxy groups -OCH3 is 1. The summed E-state index contributed by atoms with van der Waals surface area (Å²) in [7, 11) is 1.69. The summed E-state index contributed by atoms with van der Waals surface area (Å²) in [6.45, 7) is 5.20. The van der Waals surface area contributed by atoms with Gasteiger partial charge in [-0.3, -0.25) is 4.79 Å². The van der Waals surface area contributed by atoms with Gasteiger partial charge in [-0.05, 0) is 23.9 Å². The van der Waals surface area contributed by atoms with Gasteiger partial charge in [-0.25, -0.2) is 0 Å². The molecule has 0 aliphatic rings. The number of fused-ring (bicyclic) bond motifs is 1. The van der Waals surface area contributed by atoms with Crippen molar-refractivity contribution in [2.45, 2.75) is 20.0 Å². The van der Waals surface area contributed by atoms with Crippen molar-refractivity contribution < 1.29 is 9.53 Å². The molecule has 21 heavy (non-hydrogen) atoms. The molecule has 0 radical (unpaired) electrons. The third-order valence-electron chi connectivity index (χ3n) is 3.36. The van der Waals surface area contributed by atoms with Crippen LogP contribution in [0.1, 0.15) is 12.5 Å². The first-order valence-electron chi connectivity index (χ1n) is 7.29. The summed E-state index contributed by atoms with van der Waals surface area (Å²) in [4.78, 5) is 11.8. The van der Waals surface area contributed by atoms with Crippen molar-refractivity contribution in [3.63, 3.8) is 0 Å². The molecule has 0 atom stereocenters. The molecule has 0 spiro atoms. The van der Waals surface area contributed by atoms with Gasteiger partial charge in [0.2, 0.25) is 5.91 Å². The molecule has 1 heterocycles. The smallest absolute Gasteiger partial charge is 0.239 e. The molecule has 1 aromatic heterocycles. The van der Waals surface area contributed by atoms with Crippen LogP contribution in [0.5, 0.6) is 0 Å². The van der Waals surface area contributed by atoms with E-state index < -0.39 is 0 Å². The Morgan fingerprint density at radius 2 is 2.19 bits per heavy atom. The molecule has 2 rings (SSSR count). The van der Waals surface area contributed by atoms with Gasteiger partial charge in [0.05, 0.1) is 12.1 Å². The molecule has 0 aliphatic heterocycles. The maximum absolute atomic E-state index is 11.8. The van der Waals surface area contributed by atoms with Crippen LogP contribution >= 0.6 is 0 Å². The van der Waals surface area contributed by atoms with Crippen LogP contribution in [0, 0.1) is 0 Å². The second-order valence-corrected chi connectivity index (χ2v) is 4.92. The second-order valence-electron chi connectivity index (χ2n) is 4.92. The molecule has 5 heteroatoms. The summed E-state index contributed by atoms with van der Waals surface area (Å²) in [5.41, 5.74) is 2.31. The Morgan fingerprint density at radius 1 is 1.33 bits per heavy atom. The molecule has 1 aromatic carbocycles. The zero-order valence-corrected chi connectivity index (χ0v) is 12.7. The topological polar surface area (TPSA) is 55.3 Å². The fourth-order valence-electron chi connectivity index (χ4n) is 2.42. The highest BCUT2D eigenvalue weighted by Crippen LogP contribution is 2.20. The van der Waals surface area contributed by atoms with E-state index in [1.54, 1.807) is 7.11 Å². The Kier molecular flexibility index (Phi) is 5.78. The number of nitrogens with zero attached hydrogens (tertiary/aromatic N) is 1. The lowest BCUT2D eigenvalue weighted by Crippen LogP contribution is -2.27. The predicted molar refractivity (Wildman–Crippen MR) is 84.2 cm³/mol. The lowest BCUT2D eigenvalue weighted by molar-refractivity contribution is -0.121. The highest BCUT2D eigenvalue weighted by Gasteiger charge is 2.09. The van der Waals surface area contributed by atoms with E-state index in [2.05, 4.69) is 22.8 Å². The van der Waals surface area contributed by atoms with Crippen molar-refractivity contribution in [2.75, 3.05) is 26.8 Å². The minimum Gasteiger partial charge on any atom is -0.383 e. The second kappa shape index (κ2) is 7.81. The van der Waals surface area contributed by atoms with Gasteiger partial charge in [0.25, 0.3) is 0 Å². The van der Waals surface area contributed by atoms with Crippen molar-refractivity contribution in [3.05, 3.63) is 36.0 Å². The third kappa shape index (κ3) is 4.06. The number of carbonyl (C=O) groups is 1. The summed E-state index contributed by atoms with van der Waals surface area (Å²) in [5.74, 6) is 0.0390. The van der Waals surface area contributed by atoms with Crippen molar-refractivity contribution in [2.24, 2.45) is 0 Å². The zero-order valence-electron chi connectivity index (χ0n) is 12.7. The van der Waals surface area contributed by atoms with E-state index in [9.17, 15) is 4.79 Å². The normalized spacial score (nSPS) is 11.0. The van der Waals surface area contributed by atoms with Gasteiger partial charge in [0.1, 0.15) is 6.54 Å². The van der Waals surface area contributed by atoms with Gasteiger partial charge in [0, 0.05) is 32.9 Å². The molecular formula is C16H23N3O2. The molecule has 1 amide bonds. The number of carbonyl (C=O) groups excluding carboxylic acids is 1. The number of hydrogen-bond donors (Lipinski definition) is 2. The van der Waals surface area contributed by atoms with Crippen molar-refractivity contribution in [1.29, 1.82) is 0 Å². The summed E-state index contributed by atoms with van der Waals surface area (Å²) in [6.07, 6.45) is 1.97. The monoisotopic (exact) mass is 289 g/mol. The minimum absolute atomic E-state index is 0.0390. The van der Waals surface area contributed by atoms with Crippen LogP contribution in [0.3, 0.4) is 0 Å². The largest absolute Gasteiger partial charge is 0.383 e. The Hall–Kier alpha value is -1.85. The van der Waals surface area contributed by atoms with Crippen LogP contribution in [0.2, 0.25) is 0 Å². The molecule has 2 aromatic rings. The number of rotatable bonds is 8. The molecule has 0 fully saturated rings. The van der Waals surface area contributed by atoms with Crippen molar-refractivity contribution in [1.82, 2.24) is 15.2 Å². The average Bonchev–Trinajstić information content (AvgIpc) is 2.88. The summed E-state index contributed by atoms with van der Waals surface area (Å²) < 4.78 is 7.04. The van der Waals surface area contributed by atoms with Gasteiger partial charge in [0.15, 0.2) is 0 Å². The van der Waals surface area contributed by atoms with E-state index in [4.69, 9.17) is 4.74 Å². The van der Waals surface area contributed by atoms with Gasteiger partial charge >= 0.3 is 0 Å². The standard InChI is InChI=1S/C16H23N3O2/c1-3-18-15(20)12-19-9-7-13-5-4-6-14(16(13)19)11-17-8-10-21-2/h4-7,9,17H,3,8,10-12H2,1-2H3,(H,18,20). The first kappa shape index (κ1) is 15.5. The lowest BCUT2D eigenvalue weighted by atomic mass is 10.1. The number of para-hydroxylation sites is 1. The van der Waals surface area contributed by atoms with Crippen LogP contribution < -0.4 is 10.6 Å². The fourth-order valence-corrected chi connectivity index (χ4v) is 2.42. The Balaban J connectivity index is 2.16. The van der Waals surface area contributed by atoms with Crippen LogP contribution in [-0.2, 0) is 22.6 Å². The first-order valence-corrected chi connectivity index (χ1v) is 7.29. The van der Waals surface area contributed by atoms with Gasteiger partial charge in [-0.1, -0.05) is 18.2 Å². The Morgan fingerprint density at radius 3 is 2.95 bits per heavy atom. The van der Waals surface area contributed by atoms with E-state index in [0.717, 1.165) is 24.0 Å². The number of ether oxygens (including phenoxy) is 1. The van der Waals surface area contributed by atoms with E-state index in [1.165, 1.54) is 5.56 Å². The number of amides is 1. The summed E-state index contributed by atoms with van der Waals surface area (Å²) in [5, 5.41) is 7.35. The molecule has 0 saturated heterocycles.